The van der Waals surface area contributed by atoms with Crippen molar-refractivity contribution >= 4 is 39.1 Å². The number of ether oxygens (including phenoxy) is 3. The van der Waals surface area contributed by atoms with E-state index in [0.717, 1.165) is 18.2 Å². The van der Waals surface area contributed by atoms with Crippen molar-refractivity contribution in [3.63, 3.8) is 0 Å². The Hall–Kier alpha value is -4.86. The molecule has 49 heavy (non-hydrogen) atoms. The molecule has 2 atom stereocenters. The van der Waals surface area contributed by atoms with Crippen LogP contribution in [0.2, 0.25) is 5.02 Å². The van der Waals surface area contributed by atoms with Crippen LogP contribution in [-0.2, 0) is 31.6 Å². The van der Waals surface area contributed by atoms with Crippen molar-refractivity contribution < 1.29 is 45.4 Å². The van der Waals surface area contributed by atoms with Crippen LogP contribution in [0.25, 0.3) is 0 Å². The number of nitrogens with zero attached hydrogens (tertiary/aromatic N) is 3. The molecule has 5 rings (SSSR count). The highest BCUT2D eigenvalue weighted by Crippen LogP contribution is 2.51. The van der Waals surface area contributed by atoms with E-state index in [4.69, 9.17) is 21.1 Å². The van der Waals surface area contributed by atoms with Gasteiger partial charge in [-0.15, -0.1) is 13.2 Å². The number of aromatic nitrogens is 1. The minimum absolute atomic E-state index is 0.000266. The smallest absolute Gasteiger partial charge is 0.497 e. The van der Waals surface area contributed by atoms with Crippen LogP contribution in [0.4, 0.5) is 18.9 Å². The number of hydrogen-bond acceptors (Lipinski definition) is 9. The Morgan fingerprint density at radius 2 is 1.73 bits per heavy atom. The van der Waals surface area contributed by atoms with Gasteiger partial charge in [0, 0.05) is 48.7 Å². The molecule has 0 radical (unpaired) electrons. The number of alkyl halides is 3. The lowest BCUT2D eigenvalue weighted by Gasteiger charge is -2.36. The number of amides is 2. The molecule has 1 N–H and O–H groups in total. The molecule has 1 aliphatic heterocycles. The van der Waals surface area contributed by atoms with Gasteiger partial charge < -0.3 is 19.1 Å². The van der Waals surface area contributed by atoms with Gasteiger partial charge in [-0.3, -0.25) is 19.9 Å². The topological polar surface area (TPSA) is 127 Å². The number of benzene rings is 3. The van der Waals surface area contributed by atoms with Gasteiger partial charge in [-0.1, -0.05) is 35.9 Å². The number of para-hydroxylation sites is 1. The first-order valence-electron chi connectivity index (χ1n) is 14.5. The van der Waals surface area contributed by atoms with Crippen LogP contribution in [0, 0.1) is 0 Å². The van der Waals surface area contributed by atoms with Crippen LogP contribution in [0.5, 0.6) is 17.2 Å². The molecule has 1 unspecified atom stereocenters. The van der Waals surface area contributed by atoms with E-state index in [2.05, 4.69) is 15.0 Å². The number of carbonyl (C=O) groups is 2. The predicted molar refractivity (Wildman–Crippen MR) is 173 cm³/mol. The fraction of sp³-hybridized carbons (Fsp3) is 0.242. The SMILES string of the molecule is COc1ccc(S(=O)(=O)N2C(=O)C(N[C@@H](Cc3cccnc3)C(=O)N(C)C)(c3ccccc3OC)c3cc(Cl)ccc32)c(OC(F)(F)F)c1. The van der Waals surface area contributed by atoms with Crippen molar-refractivity contribution in [1.82, 2.24) is 15.2 Å². The maximum Gasteiger partial charge on any atom is 0.573 e. The number of carbonyl (C=O) groups excluding carboxylic acids is 2. The predicted octanol–water partition coefficient (Wildman–Crippen LogP) is 4.92. The van der Waals surface area contributed by atoms with E-state index in [1.54, 1.807) is 30.5 Å². The lowest BCUT2D eigenvalue weighted by Crippen LogP contribution is -2.59. The van der Waals surface area contributed by atoms with Crippen LogP contribution >= 0.6 is 11.6 Å². The van der Waals surface area contributed by atoms with Crippen LogP contribution < -0.4 is 23.8 Å². The molecule has 4 aromatic rings. The maximum absolute atomic E-state index is 15.1. The van der Waals surface area contributed by atoms with E-state index >= 15 is 4.79 Å². The molecule has 1 aromatic heterocycles. The van der Waals surface area contributed by atoms with E-state index in [1.165, 1.54) is 69.7 Å². The van der Waals surface area contributed by atoms with Crippen molar-refractivity contribution in [2.75, 3.05) is 32.6 Å². The second kappa shape index (κ2) is 13.6. The zero-order valence-corrected chi connectivity index (χ0v) is 28.1. The lowest BCUT2D eigenvalue weighted by atomic mass is 9.82. The molecule has 11 nitrogen and oxygen atoms in total. The summed E-state index contributed by atoms with van der Waals surface area (Å²) in [6.45, 7) is 0. The van der Waals surface area contributed by atoms with Crippen molar-refractivity contribution in [3.05, 3.63) is 107 Å². The molecule has 0 saturated carbocycles. The minimum atomic E-state index is -5.30. The van der Waals surface area contributed by atoms with Crippen molar-refractivity contribution in [2.24, 2.45) is 0 Å². The molecule has 16 heteroatoms. The second-order valence-corrected chi connectivity index (χ2v) is 13.2. The van der Waals surface area contributed by atoms with Gasteiger partial charge in [0.05, 0.1) is 25.9 Å². The number of nitrogens with one attached hydrogen (secondary N) is 1. The monoisotopic (exact) mass is 718 g/mol. The highest BCUT2D eigenvalue weighted by Gasteiger charge is 2.59. The average molecular weight is 719 g/mol. The second-order valence-electron chi connectivity index (χ2n) is 11.0. The van der Waals surface area contributed by atoms with Gasteiger partial charge in [-0.25, -0.2) is 12.7 Å². The Balaban J connectivity index is 1.80. The zero-order chi connectivity index (χ0) is 35.7. The molecule has 0 saturated heterocycles. The first-order chi connectivity index (χ1) is 23.1. The first kappa shape index (κ1) is 35.4. The lowest BCUT2D eigenvalue weighted by molar-refractivity contribution is -0.275. The van der Waals surface area contributed by atoms with E-state index in [1.807, 2.05) is 0 Å². The minimum Gasteiger partial charge on any atom is -0.497 e. The molecule has 0 bridgehead atoms. The summed E-state index contributed by atoms with van der Waals surface area (Å²) in [7, 11) is 0.348. The summed E-state index contributed by atoms with van der Waals surface area (Å²) in [6.07, 6.45) is -2.21. The number of hydrogen-bond donors (Lipinski definition) is 1. The number of fused-ring (bicyclic) bond motifs is 1. The number of halogens is 4. The number of methoxy groups -OCH3 is 2. The van der Waals surface area contributed by atoms with Crippen molar-refractivity contribution in [1.29, 1.82) is 0 Å². The van der Waals surface area contributed by atoms with Gasteiger partial charge in [-0.2, -0.15) is 0 Å². The third-order valence-corrected chi connectivity index (χ3v) is 9.76. The van der Waals surface area contributed by atoms with Gasteiger partial charge in [0.25, 0.3) is 15.9 Å². The summed E-state index contributed by atoms with van der Waals surface area (Å²) in [5.41, 5.74) is -1.73. The summed E-state index contributed by atoms with van der Waals surface area (Å²) >= 11 is 6.47. The van der Waals surface area contributed by atoms with Gasteiger partial charge in [0.2, 0.25) is 5.91 Å². The third-order valence-electron chi connectivity index (χ3n) is 7.78. The fourth-order valence-corrected chi connectivity index (χ4v) is 7.43. The number of anilines is 1. The molecule has 0 spiro atoms. The van der Waals surface area contributed by atoms with Gasteiger partial charge >= 0.3 is 6.36 Å². The Labute approximate surface area is 285 Å². The molecule has 2 heterocycles. The first-order valence-corrected chi connectivity index (χ1v) is 16.3. The molecule has 0 fully saturated rings. The van der Waals surface area contributed by atoms with E-state index in [0.29, 0.717) is 9.87 Å². The van der Waals surface area contributed by atoms with Crippen LogP contribution in [-0.4, -0.2) is 70.8 Å². The highest BCUT2D eigenvalue weighted by atomic mass is 35.5. The van der Waals surface area contributed by atoms with Crippen molar-refractivity contribution in [2.45, 2.75) is 29.3 Å². The quantitative estimate of drug-likeness (QED) is 0.230. The number of pyridine rings is 1. The van der Waals surface area contributed by atoms with Gasteiger partial charge in [-0.05, 0) is 54.4 Å². The number of rotatable bonds is 11. The zero-order valence-electron chi connectivity index (χ0n) is 26.5. The highest BCUT2D eigenvalue weighted by molar-refractivity contribution is 7.93. The summed E-state index contributed by atoms with van der Waals surface area (Å²) < 4.78 is 84.9. The fourth-order valence-electron chi connectivity index (χ4n) is 5.69. The Kier molecular flexibility index (Phi) is 9.82. The Morgan fingerprint density at radius 3 is 2.37 bits per heavy atom. The van der Waals surface area contributed by atoms with E-state index in [-0.39, 0.29) is 39.8 Å². The molecule has 2 amide bonds. The van der Waals surface area contributed by atoms with Crippen LogP contribution in [0.15, 0.2) is 90.1 Å². The van der Waals surface area contributed by atoms with Crippen LogP contribution in [0.1, 0.15) is 16.7 Å². The number of likely N-dealkylation sites (N-methyl/N-ethyl adjacent to an activating group) is 1. The summed E-state index contributed by atoms with van der Waals surface area (Å²) in [5.74, 6) is -2.78. The molecule has 3 aromatic carbocycles. The normalized spacial score (nSPS) is 16.6. The summed E-state index contributed by atoms with van der Waals surface area (Å²) in [5, 5.41) is 3.26. The largest absolute Gasteiger partial charge is 0.573 e. The maximum atomic E-state index is 15.1. The number of sulfonamides is 1. The molecular formula is C33H30ClF3N4O7S. The molecule has 1 aliphatic rings. The van der Waals surface area contributed by atoms with Crippen LogP contribution in [0.3, 0.4) is 0 Å². The van der Waals surface area contributed by atoms with Gasteiger partial charge in [0.1, 0.15) is 16.4 Å². The summed E-state index contributed by atoms with van der Waals surface area (Å²) in [6, 6.07) is 15.1. The van der Waals surface area contributed by atoms with E-state index in [9.17, 15) is 26.4 Å². The Bertz CT molecular complexity index is 2000. The third kappa shape index (κ3) is 6.73. The standard InChI is InChI=1S/C33H30ClF3N4O7S/c1-40(2)30(42)25(16-20-8-7-15-38-19-20)39-32(23-9-5-6-10-27(23)47-4)24-17-21(34)11-13-26(24)41(31(32)43)49(44,45)29-14-12-22(46-3)18-28(29)48-33(35,36)37/h5-15,17-19,25,39H,16H2,1-4H3/t25-,32?/m0/s1. The Morgan fingerprint density at radius 1 is 1.00 bits per heavy atom. The molecule has 0 aliphatic carbocycles. The van der Waals surface area contributed by atoms with Crippen molar-refractivity contribution in [3.8, 4) is 17.2 Å². The molecular weight excluding hydrogens is 689 g/mol. The van der Waals surface area contributed by atoms with E-state index < -0.39 is 50.4 Å². The average Bonchev–Trinajstić information content (AvgIpc) is 3.31. The summed E-state index contributed by atoms with van der Waals surface area (Å²) in [4.78, 5) is 33.4. The molecule has 258 valence electrons. The van der Waals surface area contributed by atoms with Gasteiger partial charge in [0.15, 0.2) is 11.3 Å².